The van der Waals surface area contributed by atoms with E-state index >= 15 is 0 Å². The average molecular weight is 278 g/mol. The Kier molecular flexibility index (Phi) is 5.72. The van der Waals surface area contributed by atoms with Crippen molar-refractivity contribution in [1.82, 2.24) is 5.06 Å². The van der Waals surface area contributed by atoms with Crippen LogP contribution >= 0.6 is 0 Å². The molecule has 4 heteroatoms. The largest absolute Gasteiger partial charge is 0.550 e. The molecular formula is C16H24NO3-. The Morgan fingerprint density at radius 3 is 2.25 bits per heavy atom. The molecule has 1 aromatic carbocycles. The molecule has 0 spiro atoms. The van der Waals surface area contributed by atoms with Gasteiger partial charge >= 0.3 is 0 Å². The molecule has 0 aromatic heterocycles. The fraction of sp³-hybridized carbons (Fsp3) is 0.562. The van der Waals surface area contributed by atoms with Crippen LogP contribution in [-0.4, -0.2) is 23.7 Å². The lowest BCUT2D eigenvalue weighted by molar-refractivity contribution is -0.313. The van der Waals surface area contributed by atoms with E-state index in [-0.39, 0.29) is 18.4 Å². The summed E-state index contributed by atoms with van der Waals surface area (Å²) in [6, 6.07) is 9.96. The average Bonchev–Trinajstić information content (AvgIpc) is 2.34. The van der Waals surface area contributed by atoms with Gasteiger partial charge in [-0.3, -0.25) is 0 Å². The number of carbonyl (C=O) groups is 1. The maximum atomic E-state index is 11.0. The van der Waals surface area contributed by atoms with Gasteiger partial charge in [-0.15, -0.1) is 0 Å². The van der Waals surface area contributed by atoms with Crippen LogP contribution in [0.4, 0.5) is 0 Å². The van der Waals surface area contributed by atoms with Gasteiger partial charge in [0.05, 0.1) is 13.2 Å². The zero-order valence-corrected chi connectivity index (χ0v) is 12.9. The summed E-state index contributed by atoms with van der Waals surface area (Å²) >= 11 is 0. The van der Waals surface area contributed by atoms with Crippen molar-refractivity contribution in [3.05, 3.63) is 35.9 Å². The van der Waals surface area contributed by atoms with Crippen LogP contribution in [0.1, 0.15) is 45.7 Å². The van der Waals surface area contributed by atoms with Gasteiger partial charge in [-0.25, -0.2) is 0 Å². The van der Waals surface area contributed by atoms with E-state index in [2.05, 4.69) is 13.8 Å². The first-order valence-corrected chi connectivity index (χ1v) is 6.88. The van der Waals surface area contributed by atoms with E-state index in [1.165, 1.54) is 0 Å². The molecule has 1 unspecified atom stereocenters. The normalized spacial score (nSPS) is 13.8. The summed E-state index contributed by atoms with van der Waals surface area (Å²) in [5.74, 6) is -0.800. The molecule has 0 saturated carbocycles. The molecule has 1 atom stereocenters. The SMILES string of the molecule is CON(C(c1ccccc1)C(C)C)C(C)(C)CC(=O)[O-]. The van der Waals surface area contributed by atoms with Crippen molar-refractivity contribution in [3.8, 4) is 0 Å². The molecule has 0 heterocycles. The van der Waals surface area contributed by atoms with E-state index in [0.717, 1.165) is 5.56 Å². The second-order valence-corrected chi connectivity index (χ2v) is 5.97. The molecule has 0 saturated heterocycles. The second-order valence-electron chi connectivity index (χ2n) is 5.97. The van der Waals surface area contributed by atoms with E-state index < -0.39 is 11.5 Å². The van der Waals surface area contributed by atoms with Crippen molar-refractivity contribution >= 4 is 5.97 Å². The van der Waals surface area contributed by atoms with E-state index in [1.54, 1.807) is 12.2 Å². The third-order valence-corrected chi connectivity index (χ3v) is 3.40. The van der Waals surface area contributed by atoms with Crippen molar-refractivity contribution in [1.29, 1.82) is 0 Å². The molecule has 1 aromatic rings. The van der Waals surface area contributed by atoms with Crippen molar-refractivity contribution < 1.29 is 14.7 Å². The summed E-state index contributed by atoms with van der Waals surface area (Å²) in [6.45, 7) is 7.90. The summed E-state index contributed by atoms with van der Waals surface area (Å²) in [5.41, 5.74) is 0.453. The van der Waals surface area contributed by atoms with Crippen molar-refractivity contribution in [2.24, 2.45) is 5.92 Å². The van der Waals surface area contributed by atoms with Crippen LogP contribution in [0.2, 0.25) is 0 Å². The highest BCUT2D eigenvalue weighted by Gasteiger charge is 2.35. The van der Waals surface area contributed by atoms with Crippen LogP contribution in [0, 0.1) is 5.92 Å². The Morgan fingerprint density at radius 1 is 1.30 bits per heavy atom. The van der Waals surface area contributed by atoms with Gasteiger partial charge in [0.15, 0.2) is 0 Å². The van der Waals surface area contributed by atoms with Crippen molar-refractivity contribution in [2.75, 3.05) is 7.11 Å². The Labute approximate surface area is 121 Å². The maximum absolute atomic E-state index is 11.0. The molecule has 20 heavy (non-hydrogen) atoms. The number of carbonyl (C=O) groups excluding carboxylic acids is 1. The molecule has 4 nitrogen and oxygen atoms in total. The molecule has 0 fully saturated rings. The number of aliphatic carboxylic acids is 1. The van der Waals surface area contributed by atoms with Crippen molar-refractivity contribution in [2.45, 2.75) is 45.7 Å². The quantitative estimate of drug-likeness (QED) is 0.717. The molecule has 0 bridgehead atoms. The summed E-state index contributed by atoms with van der Waals surface area (Å²) < 4.78 is 0. The number of benzene rings is 1. The van der Waals surface area contributed by atoms with Gasteiger partial charge < -0.3 is 14.7 Å². The number of carboxylic acids is 1. The highest BCUT2D eigenvalue weighted by molar-refractivity contribution is 5.65. The van der Waals surface area contributed by atoms with Gasteiger partial charge in [0.2, 0.25) is 0 Å². The third-order valence-electron chi connectivity index (χ3n) is 3.40. The Hall–Kier alpha value is -1.39. The molecule has 0 aliphatic rings. The highest BCUT2D eigenvalue weighted by Crippen LogP contribution is 2.35. The van der Waals surface area contributed by atoms with Gasteiger partial charge in [-0.1, -0.05) is 44.2 Å². The van der Waals surface area contributed by atoms with Crippen molar-refractivity contribution in [3.63, 3.8) is 0 Å². The van der Waals surface area contributed by atoms with E-state index in [9.17, 15) is 9.90 Å². The first-order valence-electron chi connectivity index (χ1n) is 6.88. The molecule has 0 aliphatic heterocycles. The monoisotopic (exact) mass is 278 g/mol. The summed E-state index contributed by atoms with van der Waals surface area (Å²) in [4.78, 5) is 16.5. The lowest BCUT2D eigenvalue weighted by Gasteiger charge is -2.43. The van der Waals surface area contributed by atoms with Gasteiger partial charge in [-0.05, 0) is 25.3 Å². The summed E-state index contributed by atoms with van der Waals surface area (Å²) in [6.07, 6.45) is -0.0864. The Bertz CT molecular complexity index is 429. The van der Waals surface area contributed by atoms with Gasteiger partial charge in [0, 0.05) is 17.9 Å². The molecule has 112 valence electrons. The lowest BCUT2D eigenvalue weighted by atomic mass is 9.90. The molecule has 1 rings (SSSR count). The molecule has 0 aliphatic carbocycles. The minimum absolute atomic E-state index is 0.0180. The molecule has 0 N–H and O–H groups in total. The molecule has 0 radical (unpaired) electrons. The minimum atomic E-state index is -1.08. The third kappa shape index (κ3) is 4.05. The van der Waals surface area contributed by atoms with Gasteiger partial charge in [0.25, 0.3) is 0 Å². The number of nitrogens with zero attached hydrogens (tertiary/aromatic N) is 1. The lowest BCUT2D eigenvalue weighted by Crippen LogP contribution is -2.49. The number of hydroxylamine groups is 2. The topological polar surface area (TPSA) is 52.6 Å². The number of carboxylic acid groups (broad SMARTS) is 1. The number of hydrogen-bond acceptors (Lipinski definition) is 4. The van der Waals surface area contributed by atoms with E-state index in [1.807, 2.05) is 44.2 Å². The first kappa shape index (κ1) is 16.7. The van der Waals surface area contributed by atoms with Gasteiger partial charge in [0.1, 0.15) is 0 Å². The zero-order chi connectivity index (χ0) is 15.3. The smallest absolute Gasteiger partial charge is 0.0631 e. The number of hydrogen-bond donors (Lipinski definition) is 0. The van der Waals surface area contributed by atoms with E-state index in [0.29, 0.717) is 0 Å². The predicted octanol–water partition coefficient (Wildman–Crippen LogP) is 2.17. The van der Waals surface area contributed by atoms with Crippen LogP contribution < -0.4 is 5.11 Å². The standard InChI is InChI=1S/C16H25NO3/c1-12(2)15(13-9-7-6-8-10-13)17(20-5)16(3,4)11-14(18)19/h6-10,12,15H,11H2,1-5H3,(H,18,19)/p-1. The van der Waals surface area contributed by atoms with Crippen LogP contribution in [0.15, 0.2) is 30.3 Å². The molecular weight excluding hydrogens is 254 g/mol. The summed E-state index contributed by atoms with van der Waals surface area (Å²) in [7, 11) is 1.58. The fourth-order valence-electron chi connectivity index (χ4n) is 2.61. The molecule has 0 amide bonds. The second kappa shape index (κ2) is 6.86. The first-order chi connectivity index (χ1) is 9.29. The Balaban J connectivity index is 3.14. The van der Waals surface area contributed by atoms with Crippen LogP contribution in [0.3, 0.4) is 0 Å². The maximum Gasteiger partial charge on any atom is 0.0631 e. The Morgan fingerprint density at radius 2 is 1.85 bits per heavy atom. The number of rotatable bonds is 7. The fourth-order valence-corrected chi connectivity index (χ4v) is 2.61. The summed E-state index contributed by atoms with van der Waals surface area (Å²) in [5, 5.41) is 12.7. The van der Waals surface area contributed by atoms with E-state index in [4.69, 9.17) is 4.84 Å². The predicted molar refractivity (Wildman–Crippen MR) is 76.6 cm³/mol. The van der Waals surface area contributed by atoms with Gasteiger partial charge in [-0.2, -0.15) is 5.06 Å². The zero-order valence-electron chi connectivity index (χ0n) is 12.9. The van der Waals surface area contributed by atoms with Crippen LogP contribution in [0.5, 0.6) is 0 Å². The van der Waals surface area contributed by atoms with Crippen LogP contribution in [-0.2, 0) is 9.63 Å². The van der Waals surface area contributed by atoms with Crippen LogP contribution in [0.25, 0.3) is 0 Å². The minimum Gasteiger partial charge on any atom is -0.550 e. The highest BCUT2D eigenvalue weighted by atomic mass is 16.7.